The molecule has 0 aliphatic carbocycles. The molecule has 0 radical (unpaired) electrons. The van der Waals surface area contributed by atoms with Gasteiger partial charge in [0.05, 0.1) is 11.5 Å². The molecule has 1 aliphatic rings. The largest absolute Gasteiger partial charge is 0.383 e. The van der Waals surface area contributed by atoms with Crippen molar-refractivity contribution in [1.29, 1.82) is 0 Å². The second-order valence-electron chi connectivity index (χ2n) is 5.54. The summed E-state index contributed by atoms with van der Waals surface area (Å²) in [5, 5.41) is 0. The number of benzene rings is 1. The fourth-order valence-corrected chi connectivity index (χ4v) is 3.96. The van der Waals surface area contributed by atoms with Crippen molar-refractivity contribution in [2.45, 2.75) is 37.6 Å². The molecule has 0 fully saturated rings. The van der Waals surface area contributed by atoms with Crippen LogP contribution in [0.4, 0.5) is 5.69 Å². The number of carbonyl (C=O) groups excluding carboxylic acids is 1. The minimum Gasteiger partial charge on any atom is -0.383 e. The molecule has 1 aliphatic heterocycles. The Labute approximate surface area is 131 Å². The van der Waals surface area contributed by atoms with E-state index in [0.717, 1.165) is 24.1 Å². The Hall–Kier alpha value is -1.44. The number of amides is 1. The van der Waals surface area contributed by atoms with Crippen LogP contribution in [0.25, 0.3) is 0 Å². The van der Waals surface area contributed by atoms with Crippen LogP contribution in [0.15, 0.2) is 23.1 Å². The van der Waals surface area contributed by atoms with Gasteiger partial charge in [-0.15, -0.1) is 0 Å². The fourth-order valence-electron chi connectivity index (χ4n) is 2.68. The summed E-state index contributed by atoms with van der Waals surface area (Å²) in [7, 11) is -2.06. The first-order valence-corrected chi connectivity index (χ1v) is 8.76. The molecule has 122 valence electrons. The molecular weight excluding hydrogens is 304 g/mol. The molecule has 1 unspecified atom stereocenters. The van der Waals surface area contributed by atoms with Crippen LogP contribution in [-0.2, 0) is 26.0 Å². The number of nitrogens with one attached hydrogen (secondary N) is 1. The van der Waals surface area contributed by atoms with Crippen molar-refractivity contribution in [3.05, 3.63) is 23.8 Å². The van der Waals surface area contributed by atoms with E-state index in [1.165, 1.54) is 14.0 Å². The third-order valence-corrected chi connectivity index (χ3v) is 5.22. The van der Waals surface area contributed by atoms with E-state index >= 15 is 0 Å². The molecule has 1 atom stereocenters. The van der Waals surface area contributed by atoms with Gasteiger partial charge in [0, 0.05) is 32.3 Å². The fraction of sp³-hybridized carbons (Fsp3) is 0.533. The number of hydrogen-bond donors (Lipinski definition) is 1. The Kier molecular flexibility index (Phi) is 5.20. The molecule has 1 aromatic carbocycles. The molecule has 0 saturated heterocycles. The number of ether oxygens (including phenoxy) is 1. The van der Waals surface area contributed by atoms with Gasteiger partial charge in [-0.1, -0.05) is 0 Å². The average Bonchev–Trinajstić information content (AvgIpc) is 2.45. The summed E-state index contributed by atoms with van der Waals surface area (Å²) < 4.78 is 32.3. The Morgan fingerprint density at radius 1 is 1.45 bits per heavy atom. The van der Waals surface area contributed by atoms with Gasteiger partial charge in [-0.05, 0) is 43.5 Å². The molecule has 7 heteroatoms. The predicted molar refractivity (Wildman–Crippen MR) is 84.4 cm³/mol. The van der Waals surface area contributed by atoms with Gasteiger partial charge in [0.25, 0.3) is 0 Å². The predicted octanol–water partition coefficient (Wildman–Crippen LogP) is 1.30. The van der Waals surface area contributed by atoms with Crippen molar-refractivity contribution in [2.75, 3.05) is 25.2 Å². The lowest BCUT2D eigenvalue weighted by Crippen LogP contribution is -2.36. The molecule has 0 saturated carbocycles. The first-order chi connectivity index (χ1) is 10.3. The van der Waals surface area contributed by atoms with Crippen LogP contribution in [-0.4, -0.2) is 40.6 Å². The molecule has 1 aromatic rings. The van der Waals surface area contributed by atoms with Crippen LogP contribution in [0.1, 0.15) is 25.8 Å². The number of hydrogen-bond acceptors (Lipinski definition) is 4. The molecule has 0 aromatic heterocycles. The Bertz CT molecular complexity index is 658. The first-order valence-electron chi connectivity index (χ1n) is 7.27. The molecule has 2 rings (SSSR count). The van der Waals surface area contributed by atoms with Crippen molar-refractivity contribution >= 4 is 21.6 Å². The van der Waals surface area contributed by atoms with Crippen molar-refractivity contribution < 1.29 is 17.9 Å². The Morgan fingerprint density at radius 3 is 2.82 bits per heavy atom. The quantitative estimate of drug-likeness (QED) is 0.885. The summed E-state index contributed by atoms with van der Waals surface area (Å²) in [4.78, 5) is 13.6. The SMILES string of the molecule is COCC(C)NS(=O)(=O)c1ccc2c(c1)CCCN2C(C)=O. The highest BCUT2D eigenvalue weighted by Crippen LogP contribution is 2.29. The summed E-state index contributed by atoms with van der Waals surface area (Å²) in [5.41, 5.74) is 1.70. The zero-order valence-corrected chi connectivity index (χ0v) is 13.9. The topological polar surface area (TPSA) is 75.7 Å². The number of aryl methyl sites for hydroxylation is 1. The van der Waals surface area contributed by atoms with Crippen LogP contribution < -0.4 is 9.62 Å². The number of nitrogens with zero attached hydrogens (tertiary/aromatic N) is 1. The molecule has 6 nitrogen and oxygen atoms in total. The lowest BCUT2D eigenvalue weighted by atomic mass is 10.0. The van der Waals surface area contributed by atoms with E-state index < -0.39 is 10.0 Å². The van der Waals surface area contributed by atoms with Gasteiger partial charge in [-0.25, -0.2) is 13.1 Å². The van der Waals surface area contributed by atoms with Crippen LogP contribution in [0.2, 0.25) is 0 Å². The van der Waals surface area contributed by atoms with E-state index in [9.17, 15) is 13.2 Å². The van der Waals surface area contributed by atoms with Gasteiger partial charge in [0.1, 0.15) is 0 Å². The first kappa shape index (κ1) is 16.9. The number of anilines is 1. The van der Waals surface area contributed by atoms with Gasteiger partial charge in [-0.3, -0.25) is 4.79 Å². The van der Waals surface area contributed by atoms with Crippen molar-refractivity contribution in [3.8, 4) is 0 Å². The summed E-state index contributed by atoms with van der Waals surface area (Å²) in [6, 6.07) is 4.61. The molecule has 22 heavy (non-hydrogen) atoms. The third-order valence-electron chi connectivity index (χ3n) is 3.63. The van der Waals surface area contributed by atoms with Crippen molar-refractivity contribution in [3.63, 3.8) is 0 Å². The maximum atomic E-state index is 12.4. The van der Waals surface area contributed by atoms with Crippen LogP contribution >= 0.6 is 0 Å². The van der Waals surface area contributed by atoms with E-state index in [1.54, 1.807) is 30.0 Å². The lowest BCUT2D eigenvalue weighted by molar-refractivity contribution is -0.116. The molecular formula is C15H22N2O4S. The molecule has 0 spiro atoms. The van der Waals surface area contributed by atoms with Crippen LogP contribution in [0.3, 0.4) is 0 Å². The molecule has 0 bridgehead atoms. The molecule has 1 heterocycles. The maximum Gasteiger partial charge on any atom is 0.240 e. The maximum absolute atomic E-state index is 12.4. The zero-order valence-electron chi connectivity index (χ0n) is 13.1. The van der Waals surface area contributed by atoms with Crippen LogP contribution in [0, 0.1) is 0 Å². The minimum atomic E-state index is -3.59. The molecule has 1 amide bonds. The van der Waals surface area contributed by atoms with Crippen molar-refractivity contribution in [1.82, 2.24) is 4.72 Å². The Morgan fingerprint density at radius 2 is 2.18 bits per heavy atom. The van der Waals surface area contributed by atoms with Crippen molar-refractivity contribution in [2.24, 2.45) is 0 Å². The standard InChI is InChI=1S/C15H22N2O4S/c1-11(10-21-3)16-22(19,20)14-6-7-15-13(9-14)5-4-8-17(15)12(2)18/h6-7,9,11,16H,4-5,8,10H2,1-3H3. The van der Waals surface area contributed by atoms with E-state index in [4.69, 9.17) is 4.74 Å². The summed E-state index contributed by atoms with van der Waals surface area (Å²) >= 11 is 0. The number of rotatable bonds is 5. The minimum absolute atomic E-state index is 0.0246. The normalized spacial score (nSPS) is 16.2. The smallest absolute Gasteiger partial charge is 0.240 e. The van der Waals surface area contributed by atoms with E-state index in [0.29, 0.717) is 13.2 Å². The number of sulfonamides is 1. The Balaban J connectivity index is 2.29. The van der Waals surface area contributed by atoms with E-state index in [-0.39, 0.29) is 16.8 Å². The lowest BCUT2D eigenvalue weighted by Gasteiger charge is -2.29. The van der Waals surface area contributed by atoms with Gasteiger partial charge in [0.15, 0.2) is 0 Å². The summed E-state index contributed by atoms with van der Waals surface area (Å²) in [6.07, 6.45) is 1.61. The summed E-state index contributed by atoms with van der Waals surface area (Å²) in [6.45, 7) is 4.25. The number of carbonyl (C=O) groups is 1. The highest BCUT2D eigenvalue weighted by Gasteiger charge is 2.23. The zero-order chi connectivity index (χ0) is 16.3. The second kappa shape index (κ2) is 6.76. The van der Waals surface area contributed by atoms with Gasteiger partial charge < -0.3 is 9.64 Å². The van der Waals surface area contributed by atoms with Crippen LogP contribution in [0.5, 0.6) is 0 Å². The van der Waals surface area contributed by atoms with E-state index in [1.807, 2.05) is 0 Å². The molecule has 1 N–H and O–H groups in total. The summed E-state index contributed by atoms with van der Waals surface area (Å²) in [5.74, 6) is -0.0246. The monoisotopic (exact) mass is 326 g/mol. The average molecular weight is 326 g/mol. The second-order valence-corrected chi connectivity index (χ2v) is 7.26. The highest BCUT2D eigenvalue weighted by atomic mass is 32.2. The number of fused-ring (bicyclic) bond motifs is 1. The van der Waals surface area contributed by atoms with Gasteiger partial charge in [0.2, 0.25) is 15.9 Å². The third kappa shape index (κ3) is 3.66. The number of methoxy groups -OCH3 is 1. The van der Waals surface area contributed by atoms with Gasteiger partial charge >= 0.3 is 0 Å². The van der Waals surface area contributed by atoms with E-state index in [2.05, 4.69) is 4.72 Å². The highest BCUT2D eigenvalue weighted by molar-refractivity contribution is 7.89. The van der Waals surface area contributed by atoms with Gasteiger partial charge in [-0.2, -0.15) is 0 Å².